The van der Waals surface area contributed by atoms with Crippen LogP contribution in [0.5, 0.6) is 5.75 Å². The minimum atomic E-state index is 0.172. The third kappa shape index (κ3) is 3.89. The number of fused-ring (bicyclic) bond motifs is 2. The zero-order chi connectivity index (χ0) is 20.4. The number of phenolic OH excluding ortho intramolecular Hbond substituents is 1. The highest BCUT2D eigenvalue weighted by Crippen LogP contribution is 2.52. The Bertz CT molecular complexity index is 970. The summed E-state index contributed by atoms with van der Waals surface area (Å²) in [7, 11) is 0. The van der Waals surface area contributed by atoms with Gasteiger partial charge in [0, 0.05) is 12.6 Å². The molecule has 3 aromatic carbocycles. The van der Waals surface area contributed by atoms with Crippen molar-refractivity contribution in [1.29, 1.82) is 0 Å². The molecule has 0 spiro atoms. The fourth-order valence-electron chi connectivity index (χ4n) is 5.93. The number of aromatic hydroxyl groups is 1. The molecule has 1 saturated heterocycles. The topological polar surface area (TPSA) is 23.5 Å². The molecule has 2 fully saturated rings. The first-order chi connectivity index (χ1) is 14.7. The zero-order valence-corrected chi connectivity index (χ0v) is 17.6. The summed E-state index contributed by atoms with van der Waals surface area (Å²) in [6.45, 7) is 2.28. The number of rotatable bonds is 5. The molecule has 3 atom stereocenters. The van der Waals surface area contributed by atoms with Crippen LogP contribution in [0.25, 0.3) is 0 Å². The van der Waals surface area contributed by atoms with Crippen molar-refractivity contribution in [1.82, 2.24) is 4.90 Å². The molecular formula is C28H31NO. The number of phenols is 1. The van der Waals surface area contributed by atoms with Crippen LogP contribution in [0.4, 0.5) is 0 Å². The summed E-state index contributed by atoms with van der Waals surface area (Å²) in [6, 6.07) is 30.6. The first-order valence-electron chi connectivity index (χ1n) is 11.3. The van der Waals surface area contributed by atoms with Crippen LogP contribution in [-0.2, 0) is 11.8 Å². The Morgan fingerprint density at radius 1 is 0.867 bits per heavy atom. The lowest BCUT2D eigenvalue weighted by molar-refractivity contribution is 0.0422. The quantitative estimate of drug-likeness (QED) is 0.578. The van der Waals surface area contributed by atoms with Gasteiger partial charge in [-0.05, 0) is 78.8 Å². The van der Waals surface area contributed by atoms with Gasteiger partial charge in [0.25, 0.3) is 0 Å². The van der Waals surface area contributed by atoms with Crippen LogP contribution in [0, 0.1) is 0 Å². The number of hydrogen-bond donors (Lipinski definition) is 1. The largest absolute Gasteiger partial charge is 0.508 e. The standard InChI is InChI=1S/C28H31NO/c30-27-13-7-12-25(19-27)28-15-17-29(16-14-22-8-3-1-4-9-22)26(21-28)18-24(20-28)23-10-5-2-6-11-23/h1-13,19,24,26,30H,14-18,20-21H2/t24-,26-,28-/m0/s1. The van der Waals surface area contributed by atoms with Crippen LogP contribution in [0.15, 0.2) is 84.9 Å². The molecule has 1 aliphatic carbocycles. The van der Waals surface area contributed by atoms with Crippen molar-refractivity contribution < 1.29 is 5.11 Å². The van der Waals surface area contributed by atoms with E-state index < -0.39 is 0 Å². The molecule has 1 heterocycles. The molecule has 0 unspecified atom stereocenters. The monoisotopic (exact) mass is 397 g/mol. The Morgan fingerprint density at radius 3 is 2.40 bits per heavy atom. The van der Waals surface area contributed by atoms with Gasteiger partial charge in [0.1, 0.15) is 5.75 Å². The molecule has 0 radical (unpaired) electrons. The molecule has 2 aliphatic rings. The highest BCUT2D eigenvalue weighted by molar-refractivity contribution is 5.36. The van der Waals surface area contributed by atoms with Gasteiger partial charge >= 0.3 is 0 Å². The summed E-state index contributed by atoms with van der Waals surface area (Å²) in [6.07, 6.45) is 5.91. The lowest BCUT2D eigenvalue weighted by Crippen LogP contribution is -2.53. The van der Waals surface area contributed by atoms with E-state index in [1.807, 2.05) is 12.1 Å². The molecule has 5 rings (SSSR count). The van der Waals surface area contributed by atoms with Crippen LogP contribution in [0.3, 0.4) is 0 Å². The summed E-state index contributed by atoms with van der Waals surface area (Å²) in [5, 5.41) is 10.2. The first-order valence-corrected chi connectivity index (χ1v) is 11.3. The lowest BCUT2D eigenvalue weighted by Gasteiger charge is -2.53. The van der Waals surface area contributed by atoms with Crippen molar-refractivity contribution in [3.8, 4) is 5.75 Å². The maximum absolute atomic E-state index is 10.2. The first kappa shape index (κ1) is 19.4. The molecule has 1 saturated carbocycles. The van der Waals surface area contributed by atoms with E-state index in [0.717, 1.165) is 19.5 Å². The molecule has 0 aromatic heterocycles. The molecule has 2 bridgehead atoms. The van der Waals surface area contributed by atoms with Crippen LogP contribution in [-0.4, -0.2) is 29.1 Å². The average molecular weight is 398 g/mol. The van der Waals surface area contributed by atoms with Crippen molar-refractivity contribution in [2.45, 2.75) is 49.5 Å². The fourth-order valence-corrected chi connectivity index (χ4v) is 5.93. The van der Waals surface area contributed by atoms with Crippen molar-refractivity contribution in [3.05, 3.63) is 102 Å². The van der Waals surface area contributed by atoms with Gasteiger partial charge in [-0.25, -0.2) is 0 Å². The normalized spacial score (nSPS) is 26.4. The Hall–Kier alpha value is -2.58. The Morgan fingerprint density at radius 2 is 1.63 bits per heavy atom. The second kappa shape index (κ2) is 8.28. The second-order valence-corrected chi connectivity index (χ2v) is 9.26. The van der Waals surface area contributed by atoms with E-state index in [1.165, 1.54) is 42.4 Å². The van der Waals surface area contributed by atoms with E-state index in [4.69, 9.17) is 0 Å². The Balaban J connectivity index is 1.42. The van der Waals surface area contributed by atoms with Gasteiger partial charge in [-0.2, -0.15) is 0 Å². The maximum atomic E-state index is 10.2. The molecular weight excluding hydrogens is 366 g/mol. The minimum absolute atomic E-state index is 0.172. The SMILES string of the molecule is Oc1cccc([C@@]23CCN(CCc4ccccc4)[C@@H](C[C@H](c4ccccc4)C2)C3)c1. The van der Waals surface area contributed by atoms with Gasteiger partial charge in [-0.1, -0.05) is 72.8 Å². The molecule has 1 aliphatic heterocycles. The predicted molar refractivity (Wildman–Crippen MR) is 123 cm³/mol. The number of nitrogens with zero attached hydrogens (tertiary/aromatic N) is 1. The van der Waals surface area contributed by atoms with Crippen molar-refractivity contribution >= 4 is 0 Å². The summed E-state index contributed by atoms with van der Waals surface area (Å²) < 4.78 is 0. The van der Waals surface area contributed by atoms with Crippen molar-refractivity contribution in [2.75, 3.05) is 13.1 Å². The summed E-state index contributed by atoms with van der Waals surface area (Å²) >= 11 is 0. The predicted octanol–water partition coefficient (Wildman–Crippen LogP) is 5.91. The second-order valence-electron chi connectivity index (χ2n) is 9.26. The van der Waals surface area contributed by atoms with Crippen LogP contribution >= 0.6 is 0 Å². The van der Waals surface area contributed by atoms with Crippen molar-refractivity contribution in [3.63, 3.8) is 0 Å². The number of piperidine rings is 1. The van der Waals surface area contributed by atoms with Crippen LogP contribution in [0.2, 0.25) is 0 Å². The summed E-state index contributed by atoms with van der Waals surface area (Å²) in [5.41, 5.74) is 4.40. The highest BCUT2D eigenvalue weighted by Gasteiger charge is 2.47. The zero-order valence-electron chi connectivity index (χ0n) is 17.6. The number of likely N-dealkylation sites (tertiary alicyclic amines) is 1. The fraction of sp³-hybridized carbons (Fsp3) is 0.357. The number of hydrogen-bond acceptors (Lipinski definition) is 2. The van der Waals surface area contributed by atoms with Gasteiger partial charge in [-0.15, -0.1) is 0 Å². The van der Waals surface area contributed by atoms with Gasteiger partial charge in [0.15, 0.2) is 0 Å². The van der Waals surface area contributed by atoms with Gasteiger partial charge in [-0.3, -0.25) is 4.90 Å². The molecule has 1 N–H and O–H groups in total. The maximum Gasteiger partial charge on any atom is 0.115 e. The van der Waals surface area contributed by atoms with E-state index in [-0.39, 0.29) is 5.41 Å². The molecule has 30 heavy (non-hydrogen) atoms. The molecule has 154 valence electrons. The third-order valence-corrected chi connectivity index (χ3v) is 7.47. The van der Waals surface area contributed by atoms with E-state index in [0.29, 0.717) is 17.7 Å². The van der Waals surface area contributed by atoms with Gasteiger partial charge < -0.3 is 5.11 Å². The van der Waals surface area contributed by atoms with E-state index in [2.05, 4.69) is 71.6 Å². The van der Waals surface area contributed by atoms with Crippen LogP contribution < -0.4 is 0 Å². The smallest absolute Gasteiger partial charge is 0.115 e. The Kier molecular flexibility index (Phi) is 5.35. The molecule has 2 heteroatoms. The summed E-state index contributed by atoms with van der Waals surface area (Å²) in [5.74, 6) is 0.971. The van der Waals surface area contributed by atoms with E-state index in [9.17, 15) is 5.11 Å². The van der Waals surface area contributed by atoms with Crippen molar-refractivity contribution in [2.24, 2.45) is 0 Å². The van der Waals surface area contributed by atoms with Crippen LogP contribution in [0.1, 0.15) is 48.3 Å². The van der Waals surface area contributed by atoms with Gasteiger partial charge in [0.2, 0.25) is 0 Å². The Labute approximate surface area is 180 Å². The lowest BCUT2D eigenvalue weighted by atomic mass is 9.59. The van der Waals surface area contributed by atoms with E-state index in [1.54, 1.807) is 6.07 Å². The minimum Gasteiger partial charge on any atom is -0.508 e. The molecule has 0 amide bonds. The molecule has 2 nitrogen and oxygen atoms in total. The highest BCUT2D eigenvalue weighted by atomic mass is 16.3. The van der Waals surface area contributed by atoms with E-state index >= 15 is 0 Å². The summed E-state index contributed by atoms with van der Waals surface area (Å²) in [4.78, 5) is 2.74. The average Bonchev–Trinajstić information content (AvgIpc) is 2.80. The number of benzene rings is 3. The van der Waals surface area contributed by atoms with Gasteiger partial charge in [0.05, 0.1) is 0 Å². The molecule has 3 aromatic rings. The third-order valence-electron chi connectivity index (χ3n) is 7.47.